The molecule has 0 aliphatic heterocycles. The van der Waals surface area contributed by atoms with Crippen LogP contribution >= 0.6 is 0 Å². The average Bonchev–Trinajstić information content (AvgIpc) is 2.45. The lowest BCUT2D eigenvalue weighted by molar-refractivity contribution is -0.148. The first-order valence-corrected chi connectivity index (χ1v) is 7.47. The highest BCUT2D eigenvalue weighted by atomic mass is 16.5. The summed E-state index contributed by atoms with van der Waals surface area (Å²) in [6, 6.07) is 0. The van der Waals surface area contributed by atoms with Crippen LogP contribution in [0.1, 0.15) is 51.9 Å². The average molecular weight is 267 g/mol. The molecule has 0 aromatic heterocycles. The van der Waals surface area contributed by atoms with Crippen LogP contribution in [0.25, 0.3) is 0 Å². The number of carbonyl (C=O) groups is 1. The second-order valence-corrected chi connectivity index (χ2v) is 6.03. The number of carbonyl (C=O) groups excluding carboxylic acids is 1. The fourth-order valence-corrected chi connectivity index (χ4v) is 4.06. The van der Waals surface area contributed by atoms with E-state index >= 15 is 0 Å². The molecule has 2 aliphatic rings. The summed E-state index contributed by atoms with van der Waals surface area (Å²) in [5, 5.41) is 12.8. The van der Waals surface area contributed by atoms with Crippen LogP contribution in [-0.2, 0) is 9.53 Å². The van der Waals surface area contributed by atoms with Crippen molar-refractivity contribution in [3.8, 4) is 0 Å². The van der Waals surface area contributed by atoms with Gasteiger partial charge < -0.3 is 9.94 Å². The third-order valence-corrected chi connectivity index (χ3v) is 5.14. The zero-order valence-corrected chi connectivity index (χ0v) is 12.0. The molecular weight excluding hydrogens is 242 g/mol. The van der Waals surface area contributed by atoms with Crippen LogP contribution < -0.4 is 0 Å². The first-order chi connectivity index (χ1) is 9.19. The van der Waals surface area contributed by atoms with Crippen LogP contribution in [0.3, 0.4) is 0 Å². The highest BCUT2D eigenvalue weighted by Crippen LogP contribution is 2.42. The second-order valence-electron chi connectivity index (χ2n) is 6.03. The van der Waals surface area contributed by atoms with Crippen molar-refractivity contribution in [1.29, 1.82) is 0 Å². The van der Waals surface area contributed by atoms with Crippen molar-refractivity contribution in [3.05, 3.63) is 0 Å². The van der Waals surface area contributed by atoms with E-state index in [2.05, 4.69) is 12.1 Å². The van der Waals surface area contributed by atoms with Gasteiger partial charge in [0.15, 0.2) is 0 Å². The minimum Gasteiger partial charge on any atom is -0.469 e. The van der Waals surface area contributed by atoms with Crippen LogP contribution in [0.4, 0.5) is 0 Å². The largest absolute Gasteiger partial charge is 0.469 e. The smallest absolute Gasteiger partial charge is 0.308 e. The summed E-state index contributed by atoms with van der Waals surface area (Å²) < 4.78 is 4.97. The van der Waals surface area contributed by atoms with Gasteiger partial charge in [-0.3, -0.25) is 4.79 Å². The van der Waals surface area contributed by atoms with Crippen molar-refractivity contribution < 1.29 is 14.7 Å². The zero-order valence-electron chi connectivity index (χ0n) is 12.0. The minimum absolute atomic E-state index is 0.0100. The third kappa shape index (κ3) is 2.93. The van der Waals surface area contributed by atoms with E-state index in [1.165, 1.54) is 20.0 Å². The summed E-state index contributed by atoms with van der Waals surface area (Å²) in [6.07, 6.45) is 7.23. The van der Waals surface area contributed by atoms with Crippen molar-refractivity contribution in [2.75, 3.05) is 7.11 Å². The molecule has 4 heteroatoms. The maximum absolute atomic E-state index is 12.0. The Morgan fingerprint density at radius 1 is 1.26 bits per heavy atom. The molecule has 2 rings (SSSR count). The van der Waals surface area contributed by atoms with Crippen molar-refractivity contribution in [2.24, 2.45) is 28.8 Å². The van der Waals surface area contributed by atoms with E-state index in [0.717, 1.165) is 37.8 Å². The number of nitrogens with zero attached hydrogens (tertiary/aromatic N) is 1. The summed E-state index contributed by atoms with van der Waals surface area (Å²) in [7, 11) is 1.48. The fourth-order valence-electron chi connectivity index (χ4n) is 4.06. The number of hydrogen-bond donors (Lipinski definition) is 1. The van der Waals surface area contributed by atoms with Gasteiger partial charge in [-0.15, -0.1) is 0 Å². The molecule has 4 atom stereocenters. The lowest BCUT2D eigenvalue weighted by atomic mass is 9.64. The van der Waals surface area contributed by atoms with Gasteiger partial charge in [0.25, 0.3) is 0 Å². The summed E-state index contributed by atoms with van der Waals surface area (Å²) in [4.78, 5) is 12.0. The summed E-state index contributed by atoms with van der Waals surface area (Å²) in [6.45, 7) is 2.17. The predicted octanol–water partition coefficient (Wildman–Crippen LogP) is 3.23. The second kappa shape index (κ2) is 6.40. The summed E-state index contributed by atoms with van der Waals surface area (Å²) in [5.74, 6) is 1.08. The Bertz CT molecular complexity index is 353. The molecule has 0 aromatic rings. The number of rotatable bonds is 1. The number of hydrogen-bond acceptors (Lipinski definition) is 4. The van der Waals surface area contributed by atoms with Crippen molar-refractivity contribution in [2.45, 2.75) is 51.9 Å². The van der Waals surface area contributed by atoms with Crippen molar-refractivity contribution >= 4 is 11.7 Å². The molecule has 108 valence electrons. The fraction of sp³-hybridized carbons (Fsp3) is 0.867. The Labute approximate surface area is 115 Å². The monoisotopic (exact) mass is 267 g/mol. The van der Waals surface area contributed by atoms with Gasteiger partial charge in [0.1, 0.15) is 0 Å². The topological polar surface area (TPSA) is 58.9 Å². The normalized spacial score (nSPS) is 38.1. The standard InChI is InChI=1S/C15H25NO3/c1-10-11-6-3-4-7-13(11)14(16-18)9-5-8-12(10)15(17)19-2/h10-13,18H,3-9H2,1-2H3/b16-14+/t10?,11?,12-,13?/m0/s1. The van der Waals surface area contributed by atoms with Crippen LogP contribution in [-0.4, -0.2) is 24.0 Å². The van der Waals surface area contributed by atoms with Crippen LogP contribution in [0, 0.1) is 23.7 Å². The van der Waals surface area contributed by atoms with E-state index in [1.54, 1.807) is 0 Å². The molecule has 0 spiro atoms. The van der Waals surface area contributed by atoms with Crippen molar-refractivity contribution in [3.63, 3.8) is 0 Å². The molecule has 2 fully saturated rings. The molecule has 0 radical (unpaired) electrons. The highest BCUT2D eigenvalue weighted by molar-refractivity contribution is 5.87. The van der Waals surface area contributed by atoms with Gasteiger partial charge >= 0.3 is 5.97 Å². The first kappa shape index (κ1) is 14.4. The van der Waals surface area contributed by atoms with Gasteiger partial charge in [-0.05, 0) is 43.9 Å². The van der Waals surface area contributed by atoms with Gasteiger partial charge in [0.05, 0.1) is 18.7 Å². The van der Waals surface area contributed by atoms with Gasteiger partial charge in [-0.25, -0.2) is 0 Å². The van der Waals surface area contributed by atoms with Crippen LogP contribution in [0.5, 0.6) is 0 Å². The van der Waals surface area contributed by atoms with E-state index in [9.17, 15) is 10.0 Å². The molecule has 4 nitrogen and oxygen atoms in total. The molecule has 0 aromatic carbocycles. The maximum atomic E-state index is 12.0. The molecule has 0 heterocycles. The van der Waals surface area contributed by atoms with Crippen molar-refractivity contribution in [1.82, 2.24) is 0 Å². The molecular formula is C15H25NO3. The Kier molecular flexibility index (Phi) is 4.83. The molecule has 19 heavy (non-hydrogen) atoms. The van der Waals surface area contributed by atoms with Gasteiger partial charge in [-0.2, -0.15) is 0 Å². The predicted molar refractivity (Wildman–Crippen MR) is 73.2 cm³/mol. The van der Waals surface area contributed by atoms with Gasteiger partial charge in [0, 0.05) is 5.92 Å². The number of fused-ring (bicyclic) bond motifs is 1. The molecule has 1 N–H and O–H groups in total. The molecule has 0 bridgehead atoms. The number of ether oxygens (including phenoxy) is 1. The summed E-state index contributed by atoms with van der Waals surface area (Å²) in [5.41, 5.74) is 0.958. The third-order valence-electron chi connectivity index (χ3n) is 5.14. The van der Waals surface area contributed by atoms with E-state index in [-0.39, 0.29) is 11.9 Å². The molecule has 3 unspecified atom stereocenters. The van der Waals surface area contributed by atoms with E-state index in [0.29, 0.717) is 17.8 Å². The minimum atomic E-state index is -0.0683. The van der Waals surface area contributed by atoms with Crippen LogP contribution in [0.15, 0.2) is 5.16 Å². The van der Waals surface area contributed by atoms with E-state index in [4.69, 9.17) is 4.74 Å². The lowest BCUT2D eigenvalue weighted by Crippen LogP contribution is -2.39. The highest BCUT2D eigenvalue weighted by Gasteiger charge is 2.40. The maximum Gasteiger partial charge on any atom is 0.308 e. The van der Waals surface area contributed by atoms with Crippen LogP contribution in [0.2, 0.25) is 0 Å². The number of oxime groups is 1. The van der Waals surface area contributed by atoms with E-state index < -0.39 is 0 Å². The number of esters is 1. The van der Waals surface area contributed by atoms with Gasteiger partial charge in [-0.1, -0.05) is 24.9 Å². The Balaban J connectivity index is 2.22. The first-order valence-electron chi connectivity index (χ1n) is 7.47. The summed E-state index contributed by atoms with van der Waals surface area (Å²) >= 11 is 0. The Hall–Kier alpha value is -1.06. The number of methoxy groups -OCH3 is 1. The molecule has 0 amide bonds. The van der Waals surface area contributed by atoms with E-state index in [1.807, 2.05) is 0 Å². The molecule has 0 saturated heterocycles. The zero-order chi connectivity index (χ0) is 13.8. The molecule has 2 saturated carbocycles. The SMILES string of the molecule is COC(=O)[C@H]1CCC/C(=N\O)C2CCCCC2C1C. The Morgan fingerprint density at radius 3 is 2.68 bits per heavy atom. The van der Waals surface area contributed by atoms with Gasteiger partial charge in [0.2, 0.25) is 0 Å². The Morgan fingerprint density at radius 2 is 2.00 bits per heavy atom. The quantitative estimate of drug-likeness (QED) is 0.451. The molecule has 2 aliphatic carbocycles. The lowest BCUT2D eigenvalue weighted by Gasteiger charge is -2.40.